The Balaban J connectivity index is 1.61. The van der Waals surface area contributed by atoms with E-state index < -0.39 is 38.5 Å². The van der Waals surface area contributed by atoms with Crippen molar-refractivity contribution in [1.29, 1.82) is 0 Å². The van der Waals surface area contributed by atoms with Gasteiger partial charge in [-0.25, -0.2) is 13.2 Å². The molecule has 184 valence electrons. The van der Waals surface area contributed by atoms with Gasteiger partial charge in [0, 0.05) is 24.7 Å². The molecule has 2 aromatic carbocycles. The molecule has 34 heavy (non-hydrogen) atoms. The van der Waals surface area contributed by atoms with Crippen molar-refractivity contribution in [3.05, 3.63) is 59.7 Å². The van der Waals surface area contributed by atoms with Crippen molar-refractivity contribution in [2.24, 2.45) is 5.92 Å². The topological polar surface area (TPSA) is 92.8 Å². The number of hydrogen-bond acceptors (Lipinski definition) is 5. The lowest BCUT2D eigenvalue weighted by Gasteiger charge is -2.31. The highest BCUT2D eigenvalue weighted by molar-refractivity contribution is 7.89. The summed E-state index contributed by atoms with van der Waals surface area (Å²) in [5.74, 6) is -1.28. The maximum Gasteiger partial charge on any atom is 0.417 e. The van der Waals surface area contributed by atoms with Crippen LogP contribution in [0.15, 0.2) is 53.4 Å². The lowest BCUT2D eigenvalue weighted by Crippen LogP contribution is -2.41. The number of alkyl halides is 3. The van der Waals surface area contributed by atoms with Gasteiger partial charge in [-0.15, -0.1) is 0 Å². The molecule has 0 aromatic heterocycles. The number of hydrogen-bond donors (Lipinski definition) is 1. The van der Waals surface area contributed by atoms with Gasteiger partial charge in [-0.05, 0) is 55.7 Å². The molecule has 0 spiro atoms. The molecule has 0 unspecified atom stereocenters. The van der Waals surface area contributed by atoms with Gasteiger partial charge in [0.15, 0.2) is 0 Å². The van der Waals surface area contributed by atoms with E-state index in [0.29, 0.717) is 24.3 Å². The second-order valence-corrected chi connectivity index (χ2v) is 9.78. The van der Waals surface area contributed by atoms with Gasteiger partial charge < -0.3 is 10.1 Å². The Morgan fingerprint density at radius 3 is 2.26 bits per heavy atom. The molecule has 7 nitrogen and oxygen atoms in total. The molecule has 11 heteroatoms. The van der Waals surface area contributed by atoms with Crippen LogP contribution in [0.5, 0.6) is 0 Å². The summed E-state index contributed by atoms with van der Waals surface area (Å²) < 4.78 is 71.6. The number of anilines is 1. The summed E-state index contributed by atoms with van der Waals surface area (Å²) >= 11 is 0. The number of amides is 1. The standard InChI is InChI=1S/C23H25F3N2O5S/c1-2-15-33-22(30)17-7-9-18(10-8-17)27-21(29)16-11-13-28(14-12-16)34(31,32)20-6-4-3-5-19(20)23(24,25)26/h3-10,16H,2,11-15H2,1H3,(H,27,29). The predicted octanol–water partition coefficient (Wildman–Crippen LogP) is 4.31. The second-order valence-electron chi connectivity index (χ2n) is 7.87. The number of carbonyl (C=O) groups excluding carboxylic acids is 2. The smallest absolute Gasteiger partial charge is 0.417 e. The van der Waals surface area contributed by atoms with Gasteiger partial charge in [-0.1, -0.05) is 19.1 Å². The molecule has 0 bridgehead atoms. The summed E-state index contributed by atoms with van der Waals surface area (Å²) in [5.41, 5.74) is -0.396. The molecule has 1 fully saturated rings. The highest BCUT2D eigenvalue weighted by Crippen LogP contribution is 2.36. The van der Waals surface area contributed by atoms with Crippen LogP contribution in [0.1, 0.15) is 42.1 Å². The van der Waals surface area contributed by atoms with E-state index in [-0.39, 0.29) is 31.8 Å². The van der Waals surface area contributed by atoms with Crippen molar-refractivity contribution in [3.8, 4) is 0 Å². The average Bonchev–Trinajstić information content (AvgIpc) is 2.82. The van der Waals surface area contributed by atoms with E-state index >= 15 is 0 Å². The molecule has 1 aliphatic rings. The monoisotopic (exact) mass is 498 g/mol. The number of rotatable bonds is 7. The lowest BCUT2D eigenvalue weighted by molar-refractivity contribution is -0.139. The Morgan fingerprint density at radius 1 is 1.06 bits per heavy atom. The zero-order valence-corrected chi connectivity index (χ0v) is 19.3. The maximum absolute atomic E-state index is 13.3. The molecular weight excluding hydrogens is 473 g/mol. The van der Waals surface area contributed by atoms with E-state index in [0.717, 1.165) is 22.5 Å². The molecule has 0 aliphatic carbocycles. The molecule has 1 aliphatic heterocycles. The summed E-state index contributed by atoms with van der Waals surface area (Å²) in [4.78, 5) is 23.7. The van der Waals surface area contributed by atoms with Gasteiger partial charge in [-0.3, -0.25) is 4.79 Å². The zero-order chi connectivity index (χ0) is 24.9. The molecule has 1 amide bonds. The van der Waals surface area contributed by atoms with E-state index in [1.54, 1.807) is 12.1 Å². The van der Waals surface area contributed by atoms with Gasteiger partial charge in [0.2, 0.25) is 15.9 Å². The normalized spacial score (nSPS) is 15.6. The molecular formula is C23H25F3N2O5S. The molecule has 1 heterocycles. The number of nitrogens with one attached hydrogen (secondary N) is 1. The molecule has 3 rings (SSSR count). The fourth-order valence-corrected chi connectivity index (χ4v) is 5.32. The minimum Gasteiger partial charge on any atom is -0.462 e. The number of nitrogens with zero attached hydrogens (tertiary/aromatic N) is 1. The molecule has 1 saturated heterocycles. The van der Waals surface area contributed by atoms with Crippen molar-refractivity contribution in [2.45, 2.75) is 37.3 Å². The van der Waals surface area contributed by atoms with Crippen LogP contribution in [-0.4, -0.2) is 44.3 Å². The van der Waals surface area contributed by atoms with E-state index in [1.165, 1.54) is 18.2 Å². The first kappa shape index (κ1) is 25.7. The average molecular weight is 499 g/mol. The SMILES string of the molecule is CCCOC(=O)c1ccc(NC(=O)C2CCN(S(=O)(=O)c3ccccc3C(F)(F)F)CC2)cc1. The fourth-order valence-electron chi connectivity index (χ4n) is 3.64. The molecule has 1 N–H and O–H groups in total. The third-order valence-corrected chi connectivity index (χ3v) is 7.42. The van der Waals surface area contributed by atoms with Crippen LogP contribution in [0.2, 0.25) is 0 Å². The lowest BCUT2D eigenvalue weighted by atomic mass is 9.97. The highest BCUT2D eigenvalue weighted by Gasteiger charge is 2.40. The van der Waals surface area contributed by atoms with E-state index in [4.69, 9.17) is 4.74 Å². The Kier molecular flexibility index (Phi) is 7.98. The summed E-state index contributed by atoms with van der Waals surface area (Å²) in [7, 11) is -4.37. The number of ether oxygens (including phenoxy) is 1. The van der Waals surface area contributed by atoms with E-state index in [9.17, 15) is 31.2 Å². The van der Waals surface area contributed by atoms with Gasteiger partial charge in [0.05, 0.1) is 22.6 Å². The fraction of sp³-hybridized carbons (Fsp3) is 0.391. The summed E-state index contributed by atoms with van der Waals surface area (Å²) in [6, 6.07) is 10.3. The largest absolute Gasteiger partial charge is 0.462 e. The maximum atomic E-state index is 13.3. The van der Waals surface area contributed by atoms with Crippen LogP contribution in [0, 0.1) is 5.92 Å². The molecule has 0 atom stereocenters. The number of carbonyl (C=O) groups is 2. The summed E-state index contributed by atoms with van der Waals surface area (Å²) in [6.07, 6.45) is -3.76. The van der Waals surface area contributed by atoms with E-state index in [2.05, 4.69) is 5.32 Å². The van der Waals surface area contributed by atoms with Gasteiger partial charge in [0.25, 0.3) is 0 Å². The quantitative estimate of drug-likeness (QED) is 0.575. The molecule has 2 aromatic rings. The van der Waals surface area contributed by atoms with Gasteiger partial charge >= 0.3 is 12.1 Å². The van der Waals surface area contributed by atoms with Gasteiger partial charge in [0.1, 0.15) is 0 Å². The number of halogens is 3. The van der Waals surface area contributed by atoms with Crippen LogP contribution in [0.4, 0.5) is 18.9 Å². The first-order chi connectivity index (χ1) is 16.0. The van der Waals surface area contributed by atoms with Gasteiger partial charge in [-0.2, -0.15) is 17.5 Å². The van der Waals surface area contributed by atoms with Crippen LogP contribution in [-0.2, 0) is 25.7 Å². The summed E-state index contributed by atoms with van der Waals surface area (Å²) in [5, 5.41) is 2.73. The molecule has 0 radical (unpaired) electrons. The summed E-state index contributed by atoms with van der Waals surface area (Å²) in [6.45, 7) is 2.05. The third kappa shape index (κ3) is 5.95. The number of esters is 1. The third-order valence-electron chi connectivity index (χ3n) is 5.46. The van der Waals surface area contributed by atoms with Crippen molar-refractivity contribution in [2.75, 3.05) is 25.0 Å². The van der Waals surface area contributed by atoms with Crippen molar-refractivity contribution in [1.82, 2.24) is 4.31 Å². The highest BCUT2D eigenvalue weighted by atomic mass is 32.2. The zero-order valence-electron chi connectivity index (χ0n) is 18.5. The van der Waals surface area contributed by atoms with Crippen LogP contribution >= 0.6 is 0 Å². The minimum atomic E-state index is -4.80. The number of sulfonamides is 1. The Hall–Kier alpha value is -2.92. The predicted molar refractivity (Wildman–Crippen MR) is 119 cm³/mol. The minimum absolute atomic E-state index is 0.0746. The van der Waals surface area contributed by atoms with Crippen molar-refractivity contribution >= 4 is 27.6 Å². The van der Waals surface area contributed by atoms with Crippen molar-refractivity contribution < 1.29 is 35.9 Å². The first-order valence-corrected chi connectivity index (χ1v) is 12.2. The number of benzene rings is 2. The van der Waals surface area contributed by atoms with Crippen LogP contribution in [0.3, 0.4) is 0 Å². The molecule has 0 saturated carbocycles. The Bertz CT molecular complexity index is 1130. The van der Waals surface area contributed by atoms with Crippen LogP contribution < -0.4 is 5.32 Å². The van der Waals surface area contributed by atoms with Crippen LogP contribution in [0.25, 0.3) is 0 Å². The van der Waals surface area contributed by atoms with E-state index in [1.807, 2.05) is 6.92 Å². The first-order valence-electron chi connectivity index (χ1n) is 10.8. The Morgan fingerprint density at radius 2 is 1.68 bits per heavy atom. The van der Waals surface area contributed by atoms with Crippen molar-refractivity contribution in [3.63, 3.8) is 0 Å². The number of piperidine rings is 1. The Labute approximate surface area is 196 Å². The second kappa shape index (κ2) is 10.6.